The number of carbonyl (C=O) groups excluding carboxylic acids is 2. The molecule has 0 saturated heterocycles. The van der Waals surface area contributed by atoms with Gasteiger partial charge in [0.15, 0.2) is 0 Å². The van der Waals surface area contributed by atoms with Crippen LogP contribution in [0, 0.1) is 5.92 Å². The lowest BCUT2D eigenvalue weighted by Gasteiger charge is -2.20. The number of nitrogens with one attached hydrogen (secondary N) is 2. The van der Waals surface area contributed by atoms with Crippen LogP contribution in [-0.2, 0) is 9.59 Å². The summed E-state index contributed by atoms with van der Waals surface area (Å²) >= 11 is 5.90. The lowest BCUT2D eigenvalue weighted by molar-refractivity contribution is -0.125. The van der Waals surface area contributed by atoms with Gasteiger partial charge < -0.3 is 16.4 Å². The van der Waals surface area contributed by atoms with Gasteiger partial charge in [-0.05, 0) is 36.5 Å². The third-order valence-corrected chi connectivity index (χ3v) is 3.52. The van der Waals surface area contributed by atoms with E-state index in [9.17, 15) is 9.59 Å². The number of carbonyl (C=O) groups is 2. The summed E-state index contributed by atoms with van der Waals surface area (Å²) in [5.74, 6) is -0.0328. The second-order valence-corrected chi connectivity index (χ2v) is 6.06. The Morgan fingerprint density at radius 3 is 2.32 bits per heavy atom. The minimum atomic E-state index is -0.347. The average Bonchev–Trinajstić information content (AvgIpc) is 2.49. The van der Waals surface area contributed by atoms with Gasteiger partial charge in [-0.3, -0.25) is 9.59 Å². The maximum absolute atomic E-state index is 12.0. The molecule has 6 heteroatoms. The first kappa shape index (κ1) is 18.5. The van der Waals surface area contributed by atoms with E-state index in [1.807, 2.05) is 24.3 Å². The van der Waals surface area contributed by atoms with Gasteiger partial charge in [0.2, 0.25) is 11.8 Å². The maximum atomic E-state index is 12.0. The predicted octanol–water partition coefficient (Wildman–Crippen LogP) is 2.01. The Morgan fingerprint density at radius 2 is 1.77 bits per heavy atom. The first-order chi connectivity index (χ1) is 10.4. The largest absolute Gasteiger partial charge is 0.348 e. The van der Waals surface area contributed by atoms with Crippen molar-refractivity contribution in [2.24, 2.45) is 11.7 Å². The molecular weight excluding hydrogens is 302 g/mol. The number of halogens is 1. The highest BCUT2D eigenvalue weighted by molar-refractivity contribution is 6.30. The van der Waals surface area contributed by atoms with Gasteiger partial charge in [0.25, 0.3) is 0 Å². The van der Waals surface area contributed by atoms with Crippen molar-refractivity contribution < 1.29 is 9.59 Å². The van der Waals surface area contributed by atoms with E-state index in [1.165, 1.54) is 0 Å². The van der Waals surface area contributed by atoms with Gasteiger partial charge in [-0.1, -0.05) is 37.6 Å². The molecule has 0 spiro atoms. The summed E-state index contributed by atoms with van der Waals surface area (Å²) in [7, 11) is 0. The summed E-state index contributed by atoms with van der Waals surface area (Å²) in [5.41, 5.74) is 6.19. The molecule has 1 unspecified atom stereocenters. The highest BCUT2D eigenvalue weighted by Gasteiger charge is 2.15. The number of hydrogen-bond acceptors (Lipinski definition) is 3. The van der Waals surface area contributed by atoms with Crippen LogP contribution in [0.5, 0.6) is 0 Å². The fourth-order valence-electron chi connectivity index (χ4n) is 2.01. The second-order valence-electron chi connectivity index (χ2n) is 5.62. The Morgan fingerprint density at radius 1 is 1.14 bits per heavy atom. The first-order valence-corrected chi connectivity index (χ1v) is 7.81. The molecule has 0 aliphatic carbocycles. The third-order valence-electron chi connectivity index (χ3n) is 3.27. The van der Waals surface area contributed by atoms with Gasteiger partial charge in [0, 0.05) is 5.02 Å². The summed E-state index contributed by atoms with van der Waals surface area (Å²) in [6.07, 6.45) is 1.82. The van der Waals surface area contributed by atoms with Crippen LogP contribution in [0.25, 0.3) is 0 Å². The first-order valence-electron chi connectivity index (χ1n) is 7.44. The van der Waals surface area contributed by atoms with Crippen molar-refractivity contribution in [3.05, 3.63) is 34.9 Å². The van der Waals surface area contributed by atoms with E-state index in [0.29, 0.717) is 10.9 Å². The molecule has 0 radical (unpaired) electrons. The maximum Gasteiger partial charge on any atom is 0.239 e. The Kier molecular flexibility index (Phi) is 7.91. The van der Waals surface area contributed by atoms with Crippen LogP contribution in [-0.4, -0.2) is 24.9 Å². The fraction of sp³-hybridized carbons (Fsp3) is 0.500. The van der Waals surface area contributed by atoms with Crippen LogP contribution in [0.4, 0.5) is 0 Å². The summed E-state index contributed by atoms with van der Waals surface area (Å²) in [5, 5.41) is 6.08. The topological polar surface area (TPSA) is 84.2 Å². The molecule has 1 aromatic carbocycles. The Hall–Kier alpha value is -1.59. The van der Waals surface area contributed by atoms with Crippen molar-refractivity contribution in [1.82, 2.24) is 10.6 Å². The zero-order chi connectivity index (χ0) is 16.5. The molecule has 5 nitrogen and oxygen atoms in total. The second kappa shape index (κ2) is 9.43. The SMILES string of the molecule is CC(C)CCC(NC(=O)CNC(=O)CN)c1ccc(Cl)cc1. The number of nitrogens with two attached hydrogens (primary N) is 1. The van der Waals surface area contributed by atoms with Crippen LogP contribution in [0.3, 0.4) is 0 Å². The molecule has 1 rings (SSSR count). The molecule has 0 aliphatic heterocycles. The summed E-state index contributed by atoms with van der Waals surface area (Å²) in [6, 6.07) is 7.34. The van der Waals surface area contributed by atoms with Crippen LogP contribution in [0.1, 0.15) is 38.3 Å². The van der Waals surface area contributed by atoms with Crippen molar-refractivity contribution in [1.29, 1.82) is 0 Å². The van der Waals surface area contributed by atoms with Gasteiger partial charge in [-0.15, -0.1) is 0 Å². The molecular formula is C16H24ClN3O2. The standard InChI is InChI=1S/C16H24ClN3O2/c1-11(2)3-8-14(12-4-6-13(17)7-5-12)20-16(22)10-19-15(21)9-18/h4-7,11,14H,3,8-10,18H2,1-2H3,(H,19,21)(H,20,22). The number of hydrogen-bond donors (Lipinski definition) is 3. The molecule has 0 aromatic heterocycles. The van der Waals surface area contributed by atoms with E-state index in [-0.39, 0.29) is 30.9 Å². The summed E-state index contributed by atoms with van der Waals surface area (Å²) in [4.78, 5) is 23.1. The van der Waals surface area contributed by atoms with Crippen molar-refractivity contribution in [2.75, 3.05) is 13.1 Å². The number of amides is 2. The number of benzene rings is 1. The normalized spacial score (nSPS) is 12.0. The average molecular weight is 326 g/mol. The Bertz CT molecular complexity index is 489. The lowest BCUT2D eigenvalue weighted by atomic mass is 9.97. The molecule has 4 N–H and O–H groups in total. The van der Waals surface area contributed by atoms with E-state index in [1.54, 1.807) is 0 Å². The molecule has 1 aromatic rings. The fourth-order valence-corrected chi connectivity index (χ4v) is 2.14. The van der Waals surface area contributed by atoms with Crippen molar-refractivity contribution in [2.45, 2.75) is 32.7 Å². The zero-order valence-corrected chi connectivity index (χ0v) is 13.8. The Balaban J connectivity index is 2.67. The van der Waals surface area contributed by atoms with Crippen molar-refractivity contribution in [3.63, 3.8) is 0 Å². The van der Waals surface area contributed by atoms with Crippen molar-refractivity contribution >= 4 is 23.4 Å². The molecule has 0 saturated carbocycles. The predicted molar refractivity (Wildman–Crippen MR) is 88.5 cm³/mol. The minimum Gasteiger partial charge on any atom is -0.348 e. The van der Waals surface area contributed by atoms with E-state index in [4.69, 9.17) is 17.3 Å². The van der Waals surface area contributed by atoms with Crippen molar-refractivity contribution in [3.8, 4) is 0 Å². The van der Waals surface area contributed by atoms with Crippen LogP contribution in [0.15, 0.2) is 24.3 Å². The Labute approximate surface area is 136 Å². The van der Waals surface area contributed by atoms with Gasteiger partial charge in [0.05, 0.1) is 19.1 Å². The molecule has 0 aliphatic rings. The van der Waals surface area contributed by atoms with Crippen LogP contribution >= 0.6 is 11.6 Å². The highest BCUT2D eigenvalue weighted by Crippen LogP contribution is 2.22. The van der Waals surface area contributed by atoms with E-state index < -0.39 is 0 Å². The lowest BCUT2D eigenvalue weighted by Crippen LogP contribution is -2.40. The van der Waals surface area contributed by atoms with Gasteiger partial charge in [-0.2, -0.15) is 0 Å². The summed E-state index contributed by atoms with van der Waals surface area (Å²) < 4.78 is 0. The van der Waals surface area contributed by atoms with Gasteiger partial charge >= 0.3 is 0 Å². The number of rotatable bonds is 8. The molecule has 2 amide bonds. The monoisotopic (exact) mass is 325 g/mol. The minimum absolute atomic E-state index is 0.0677. The van der Waals surface area contributed by atoms with E-state index >= 15 is 0 Å². The summed E-state index contributed by atoms with van der Waals surface area (Å²) in [6.45, 7) is 4.09. The van der Waals surface area contributed by atoms with Crippen LogP contribution < -0.4 is 16.4 Å². The van der Waals surface area contributed by atoms with E-state index in [0.717, 1.165) is 18.4 Å². The van der Waals surface area contributed by atoms with Crippen LogP contribution in [0.2, 0.25) is 5.02 Å². The third kappa shape index (κ3) is 6.91. The zero-order valence-electron chi connectivity index (χ0n) is 13.1. The van der Waals surface area contributed by atoms with E-state index in [2.05, 4.69) is 24.5 Å². The van der Waals surface area contributed by atoms with Gasteiger partial charge in [-0.25, -0.2) is 0 Å². The molecule has 0 bridgehead atoms. The molecule has 1 atom stereocenters. The smallest absolute Gasteiger partial charge is 0.239 e. The highest BCUT2D eigenvalue weighted by atomic mass is 35.5. The quantitative estimate of drug-likeness (QED) is 0.683. The molecule has 0 fully saturated rings. The molecule has 122 valence electrons. The molecule has 0 heterocycles. The van der Waals surface area contributed by atoms with Gasteiger partial charge in [0.1, 0.15) is 0 Å². The molecule has 22 heavy (non-hydrogen) atoms.